The van der Waals surface area contributed by atoms with Crippen molar-refractivity contribution in [3.63, 3.8) is 0 Å². The molecule has 0 atom stereocenters. The second-order valence-electron chi connectivity index (χ2n) is 4.22. The van der Waals surface area contributed by atoms with Crippen LogP contribution < -0.4 is 0 Å². The van der Waals surface area contributed by atoms with Crippen molar-refractivity contribution in [2.75, 3.05) is 0 Å². The van der Waals surface area contributed by atoms with Crippen LogP contribution in [0.2, 0.25) is 5.02 Å². The van der Waals surface area contributed by atoms with Crippen molar-refractivity contribution >= 4 is 44.3 Å². The van der Waals surface area contributed by atoms with Crippen LogP contribution in [0, 0.1) is 0 Å². The molecule has 3 heteroatoms. The van der Waals surface area contributed by atoms with Crippen molar-refractivity contribution in [2.24, 2.45) is 0 Å². The Kier molecular flexibility index (Phi) is 1.64. The first-order chi connectivity index (χ1) is 8.34. The number of aromatic amines is 2. The van der Waals surface area contributed by atoms with E-state index in [-0.39, 0.29) is 0 Å². The van der Waals surface area contributed by atoms with Crippen LogP contribution >= 0.6 is 11.6 Å². The van der Waals surface area contributed by atoms with Crippen LogP contribution in [0.3, 0.4) is 0 Å². The van der Waals surface area contributed by atoms with Gasteiger partial charge in [-0.1, -0.05) is 29.8 Å². The second kappa shape index (κ2) is 3.05. The van der Waals surface area contributed by atoms with Crippen molar-refractivity contribution in [3.8, 4) is 0 Å². The van der Waals surface area contributed by atoms with Gasteiger partial charge in [0, 0.05) is 27.9 Å². The molecule has 2 nitrogen and oxygen atoms in total. The fourth-order valence-corrected chi connectivity index (χ4v) is 2.78. The molecule has 0 aliphatic heterocycles. The van der Waals surface area contributed by atoms with E-state index >= 15 is 0 Å². The minimum Gasteiger partial charge on any atom is -0.359 e. The normalized spacial score (nSPS) is 11.8. The Morgan fingerprint density at radius 1 is 0.941 bits per heavy atom. The molecule has 0 spiro atoms. The highest BCUT2D eigenvalue weighted by Gasteiger charge is 2.10. The molecule has 2 N–H and O–H groups in total. The maximum Gasteiger partial charge on any atom is 0.0710 e. The van der Waals surface area contributed by atoms with Crippen LogP contribution in [0.15, 0.2) is 42.6 Å². The molecule has 0 aliphatic rings. The van der Waals surface area contributed by atoms with E-state index in [9.17, 15) is 0 Å². The summed E-state index contributed by atoms with van der Waals surface area (Å²) in [5, 5.41) is 4.26. The molecule has 4 rings (SSSR count). The molecular formula is C14H9ClN2. The van der Waals surface area contributed by atoms with Crippen molar-refractivity contribution in [3.05, 3.63) is 47.6 Å². The van der Waals surface area contributed by atoms with E-state index in [4.69, 9.17) is 11.6 Å². The molecule has 0 saturated carbocycles. The Labute approximate surface area is 102 Å². The molecular weight excluding hydrogens is 232 g/mol. The van der Waals surface area contributed by atoms with Crippen LogP contribution in [0.25, 0.3) is 32.7 Å². The Morgan fingerprint density at radius 2 is 1.88 bits per heavy atom. The zero-order valence-electron chi connectivity index (χ0n) is 8.92. The third kappa shape index (κ3) is 1.10. The summed E-state index contributed by atoms with van der Waals surface area (Å²) in [6.45, 7) is 0. The standard InChI is InChI=1S/C14H9ClN2/c15-10-2-1-3-11-12(10)9-5-4-8-6-7-16-13(8)14(9)17-11/h1-7,16-17H. The number of H-pyrrole nitrogens is 2. The van der Waals surface area contributed by atoms with Crippen molar-refractivity contribution in [1.29, 1.82) is 0 Å². The predicted molar refractivity (Wildman–Crippen MR) is 72.7 cm³/mol. The zero-order chi connectivity index (χ0) is 11.4. The number of benzene rings is 2. The monoisotopic (exact) mass is 240 g/mol. The average Bonchev–Trinajstić information content (AvgIpc) is 2.91. The van der Waals surface area contributed by atoms with E-state index in [0.717, 1.165) is 27.0 Å². The highest BCUT2D eigenvalue weighted by Crippen LogP contribution is 2.34. The van der Waals surface area contributed by atoms with Crippen LogP contribution in [-0.4, -0.2) is 9.97 Å². The van der Waals surface area contributed by atoms with Gasteiger partial charge in [0.1, 0.15) is 0 Å². The number of hydrogen-bond acceptors (Lipinski definition) is 0. The number of halogens is 1. The van der Waals surface area contributed by atoms with Crippen LogP contribution in [0.1, 0.15) is 0 Å². The van der Waals surface area contributed by atoms with Crippen LogP contribution in [-0.2, 0) is 0 Å². The maximum atomic E-state index is 6.27. The lowest BCUT2D eigenvalue weighted by molar-refractivity contribution is 1.47. The van der Waals surface area contributed by atoms with Gasteiger partial charge in [-0.2, -0.15) is 0 Å². The molecule has 0 radical (unpaired) electrons. The smallest absolute Gasteiger partial charge is 0.0710 e. The minimum absolute atomic E-state index is 0.791. The summed E-state index contributed by atoms with van der Waals surface area (Å²) in [7, 11) is 0. The lowest BCUT2D eigenvalue weighted by atomic mass is 10.1. The van der Waals surface area contributed by atoms with E-state index in [2.05, 4.69) is 34.2 Å². The number of hydrogen-bond donors (Lipinski definition) is 2. The average molecular weight is 241 g/mol. The summed E-state index contributed by atoms with van der Waals surface area (Å²) in [4.78, 5) is 6.70. The van der Waals surface area contributed by atoms with Crippen LogP contribution in [0.5, 0.6) is 0 Å². The first kappa shape index (κ1) is 9.14. The number of rotatable bonds is 0. The number of nitrogens with one attached hydrogen (secondary N) is 2. The molecule has 0 unspecified atom stereocenters. The number of aromatic nitrogens is 2. The topological polar surface area (TPSA) is 31.6 Å². The van der Waals surface area contributed by atoms with E-state index in [1.807, 2.05) is 18.3 Å². The fourth-order valence-electron chi connectivity index (χ4n) is 2.50. The molecule has 2 aromatic carbocycles. The summed E-state index contributed by atoms with van der Waals surface area (Å²) in [5.74, 6) is 0. The fraction of sp³-hybridized carbons (Fsp3) is 0. The van der Waals surface area contributed by atoms with Gasteiger partial charge in [-0.15, -0.1) is 0 Å². The van der Waals surface area contributed by atoms with Gasteiger partial charge >= 0.3 is 0 Å². The van der Waals surface area contributed by atoms with E-state index in [0.29, 0.717) is 0 Å². The predicted octanol–water partition coefficient (Wildman–Crippen LogP) is 4.46. The van der Waals surface area contributed by atoms with Gasteiger partial charge in [-0.3, -0.25) is 0 Å². The largest absolute Gasteiger partial charge is 0.359 e. The summed E-state index contributed by atoms with van der Waals surface area (Å²) in [6, 6.07) is 12.3. The van der Waals surface area contributed by atoms with Gasteiger partial charge < -0.3 is 9.97 Å². The zero-order valence-corrected chi connectivity index (χ0v) is 9.68. The molecule has 2 heterocycles. The quantitative estimate of drug-likeness (QED) is 0.455. The Balaban J connectivity index is 2.37. The maximum absolute atomic E-state index is 6.27. The summed E-state index contributed by atoms with van der Waals surface area (Å²) in [6.07, 6.45) is 1.96. The van der Waals surface area contributed by atoms with Gasteiger partial charge in [-0.05, 0) is 18.2 Å². The van der Waals surface area contributed by atoms with Gasteiger partial charge in [-0.25, -0.2) is 0 Å². The van der Waals surface area contributed by atoms with Crippen molar-refractivity contribution < 1.29 is 0 Å². The first-order valence-electron chi connectivity index (χ1n) is 5.50. The summed E-state index contributed by atoms with van der Waals surface area (Å²) in [5.41, 5.74) is 3.33. The van der Waals surface area contributed by atoms with E-state index < -0.39 is 0 Å². The molecule has 0 fully saturated rings. The van der Waals surface area contributed by atoms with Gasteiger partial charge in [0.2, 0.25) is 0 Å². The van der Waals surface area contributed by atoms with Gasteiger partial charge in [0.15, 0.2) is 0 Å². The van der Waals surface area contributed by atoms with Crippen LogP contribution in [0.4, 0.5) is 0 Å². The summed E-state index contributed by atoms with van der Waals surface area (Å²) >= 11 is 6.27. The molecule has 17 heavy (non-hydrogen) atoms. The summed E-state index contributed by atoms with van der Waals surface area (Å²) < 4.78 is 0. The van der Waals surface area contributed by atoms with Crippen molar-refractivity contribution in [1.82, 2.24) is 9.97 Å². The van der Waals surface area contributed by atoms with Gasteiger partial charge in [0.25, 0.3) is 0 Å². The molecule has 0 aliphatic carbocycles. The number of fused-ring (bicyclic) bond motifs is 5. The Hall–Kier alpha value is -1.93. The highest BCUT2D eigenvalue weighted by atomic mass is 35.5. The molecule has 82 valence electrons. The highest BCUT2D eigenvalue weighted by molar-refractivity contribution is 6.38. The Bertz CT molecular complexity index is 854. The molecule has 0 amide bonds. The lowest BCUT2D eigenvalue weighted by Gasteiger charge is -1.95. The third-order valence-corrected chi connectivity index (χ3v) is 3.59. The Morgan fingerprint density at radius 3 is 2.82 bits per heavy atom. The second-order valence-corrected chi connectivity index (χ2v) is 4.62. The molecule has 0 saturated heterocycles. The third-order valence-electron chi connectivity index (χ3n) is 3.27. The van der Waals surface area contributed by atoms with E-state index in [1.165, 1.54) is 10.8 Å². The lowest BCUT2D eigenvalue weighted by Crippen LogP contribution is -1.71. The van der Waals surface area contributed by atoms with E-state index in [1.54, 1.807) is 0 Å². The molecule has 2 aromatic heterocycles. The molecule has 0 bridgehead atoms. The minimum atomic E-state index is 0.791. The van der Waals surface area contributed by atoms with Gasteiger partial charge in [0.05, 0.1) is 16.1 Å². The molecule has 4 aromatic rings. The first-order valence-corrected chi connectivity index (χ1v) is 5.88. The SMILES string of the molecule is Clc1cccc2[nH]c3c(ccc4cc[nH]c43)c12. The van der Waals surface area contributed by atoms with Crippen molar-refractivity contribution in [2.45, 2.75) is 0 Å².